The quantitative estimate of drug-likeness (QED) is 0.905. The molecule has 0 aliphatic rings. The SMILES string of the molecule is Cc1cc(S(=O)(=O)NC(C)Cn2ccnc2)ccc1C#N. The highest BCUT2D eigenvalue weighted by Crippen LogP contribution is 2.15. The standard InChI is InChI=1S/C14H16N4O2S/c1-11-7-14(4-3-13(11)8-15)21(19,20)17-12(2)9-18-6-5-16-10-18/h3-7,10,12,17H,9H2,1-2H3. The van der Waals surface area contributed by atoms with Crippen LogP contribution in [0.4, 0.5) is 0 Å². The van der Waals surface area contributed by atoms with Crippen LogP contribution in [0.5, 0.6) is 0 Å². The van der Waals surface area contributed by atoms with Crippen LogP contribution in [0.15, 0.2) is 41.8 Å². The van der Waals surface area contributed by atoms with Crippen molar-refractivity contribution in [1.82, 2.24) is 14.3 Å². The van der Waals surface area contributed by atoms with Gasteiger partial charge in [0.05, 0.1) is 22.9 Å². The zero-order chi connectivity index (χ0) is 15.5. The van der Waals surface area contributed by atoms with Gasteiger partial charge in [-0.05, 0) is 37.6 Å². The van der Waals surface area contributed by atoms with Gasteiger partial charge >= 0.3 is 0 Å². The van der Waals surface area contributed by atoms with Gasteiger partial charge in [-0.25, -0.2) is 18.1 Å². The zero-order valence-electron chi connectivity index (χ0n) is 11.8. The Bertz CT molecular complexity index is 761. The molecule has 1 aromatic carbocycles. The lowest BCUT2D eigenvalue weighted by molar-refractivity contribution is 0.520. The summed E-state index contributed by atoms with van der Waals surface area (Å²) < 4.78 is 29.0. The summed E-state index contributed by atoms with van der Waals surface area (Å²) in [5.74, 6) is 0. The topological polar surface area (TPSA) is 87.8 Å². The molecule has 6 nitrogen and oxygen atoms in total. The molecule has 0 spiro atoms. The van der Waals surface area contributed by atoms with Gasteiger partial charge in [0, 0.05) is 25.0 Å². The van der Waals surface area contributed by atoms with E-state index in [1.165, 1.54) is 18.2 Å². The largest absolute Gasteiger partial charge is 0.336 e. The first kappa shape index (κ1) is 15.2. The van der Waals surface area contributed by atoms with E-state index in [2.05, 4.69) is 9.71 Å². The molecular weight excluding hydrogens is 288 g/mol. The Hall–Kier alpha value is -2.17. The number of nitrogens with zero attached hydrogens (tertiary/aromatic N) is 3. The van der Waals surface area contributed by atoms with Gasteiger partial charge in [0.1, 0.15) is 0 Å². The Morgan fingerprint density at radius 3 is 2.81 bits per heavy atom. The summed E-state index contributed by atoms with van der Waals surface area (Å²) >= 11 is 0. The Morgan fingerprint density at radius 1 is 1.48 bits per heavy atom. The lowest BCUT2D eigenvalue weighted by atomic mass is 10.1. The van der Waals surface area contributed by atoms with E-state index in [1.54, 1.807) is 37.1 Å². The molecule has 1 aromatic heterocycles. The monoisotopic (exact) mass is 304 g/mol. The second-order valence-electron chi connectivity index (χ2n) is 4.87. The Kier molecular flexibility index (Phi) is 4.40. The smallest absolute Gasteiger partial charge is 0.240 e. The average Bonchev–Trinajstić information content (AvgIpc) is 2.90. The fourth-order valence-electron chi connectivity index (χ4n) is 2.01. The summed E-state index contributed by atoms with van der Waals surface area (Å²) in [6.07, 6.45) is 5.05. The van der Waals surface area contributed by atoms with Crippen molar-refractivity contribution in [1.29, 1.82) is 5.26 Å². The van der Waals surface area contributed by atoms with Crippen molar-refractivity contribution >= 4 is 10.0 Å². The Morgan fingerprint density at radius 2 is 2.24 bits per heavy atom. The van der Waals surface area contributed by atoms with Crippen molar-refractivity contribution in [3.63, 3.8) is 0 Å². The molecule has 0 aliphatic carbocycles. The second-order valence-corrected chi connectivity index (χ2v) is 6.58. The van der Waals surface area contributed by atoms with E-state index >= 15 is 0 Å². The number of rotatable bonds is 5. The van der Waals surface area contributed by atoms with Crippen LogP contribution in [0, 0.1) is 18.3 Å². The number of aromatic nitrogens is 2. The lowest BCUT2D eigenvalue weighted by Crippen LogP contribution is -2.35. The summed E-state index contributed by atoms with van der Waals surface area (Å²) in [6.45, 7) is 4.00. The molecule has 0 saturated heterocycles. The number of nitriles is 1. The first-order valence-electron chi connectivity index (χ1n) is 6.41. The molecule has 0 bridgehead atoms. The zero-order valence-corrected chi connectivity index (χ0v) is 12.6. The third kappa shape index (κ3) is 3.68. The van der Waals surface area contributed by atoms with Gasteiger partial charge in [0.25, 0.3) is 0 Å². The summed E-state index contributed by atoms with van der Waals surface area (Å²) in [7, 11) is -3.60. The highest BCUT2D eigenvalue weighted by Gasteiger charge is 2.18. The molecule has 21 heavy (non-hydrogen) atoms. The van der Waals surface area contributed by atoms with Crippen molar-refractivity contribution in [2.24, 2.45) is 0 Å². The minimum Gasteiger partial charge on any atom is -0.336 e. The molecule has 0 saturated carbocycles. The van der Waals surface area contributed by atoms with Gasteiger partial charge in [0.15, 0.2) is 0 Å². The molecule has 1 heterocycles. The minimum atomic E-state index is -3.60. The average molecular weight is 304 g/mol. The van der Waals surface area contributed by atoms with Crippen LogP contribution in [-0.2, 0) is 16.6 Å². The van der Waals surface area contributed by atoms with Crippen molar-refractivity contribution in [2.45, 2.75) is 31.3 Å². The third-order valence-electron chi connectivity index (χ3n) is 3.03. The molecule has 0 amide bonds. The minimum absolute atomic E-state index is 0.163. The van der Waals surface area contributed by atoms with Crippen LogP contribution in [0.3, 0.4) is 0 Å². The number of benzene rings is 1. The molecular formula is C14H16N4O2S. The maximum absolute atomic E-state index is 12.3. The third-order valence-corrected chi connectivity index (χ3v) is 4.62. The summed E-state index contributed by atoms with van der Waals surface area (Å²) in [4.78, 5) is 4.08. The maximum Gasteiger partial charge on any atom is 0.240 e. The van der Waals surface area contributed by atoms with Gasteiger partial charge in [-0.3, -0.25) is 0 Å². The molecule has 2 aromatic rings. The van der Waals surface area contributed by atoms with Crippen molar-refractivity contribution < 1.29 is 8.42 Å². The van der Waals surface area contributed by atoms with Crippen molar-refractivity contribution in [2.75, 3.05) is 0 Å². The van der Waals surface area contributed by atoms with Gasteiger partial charge in [-0.1, -0.05) is 0 Å². The fourth-order valence-corrected chi connectivity index (χ4v) is 3.33. The fraction of sp³-hybridized carbons (Fsp3) is 0.286. The van der Waals surface area contributed by atoms with Gasteiger partial charge < -0.3 is 4.57 Å². The van der Waals surface area contributed by atoms with Crippen LogP contribution >= 0.6 is 0 Å². The van der Waals surface area contributed by atoms with Crippen LogP contribution in [0.1, 0.15) is 18.1 Å². The Labute approximate surface area is 124 Å². The molecule has 1 unspecified atom stereocenters. The highest BCUT2D eigenvalue weighted by atomic mass is 32.2. The molecule has 2 rings (SSSR count). The van der Waals surface area contributed by atoms with Crippen LogP contribution < -0.4 is 4.72 Å². The number of sulfonamides is 1. The van der Waals surface area contributed by atoms with Gasteiger partial charge in [-0.2, -0.15) is 5.26 Å². The van der Waals surface area contributed by atoms with E-state index in [1.807, 2.05) is 6.07 Å². The normalized spacial score (nSPS) is 12.8. The van der Waals surface area contributed by atoms with E-state index < -0.39 is 10.0 Å². The summed E-state index contributed by atoms with van der Waals surface area (Å²) in [6, 6.07) is 6.21. The molecule has 110 valence electrons. The van der Waals surface area contributed by atoms with Crippen LogP contribution in [-0.4, -0.2) is 24.0 Å². The van der Waals surface area contributed by atoms with E-state index in [9.17, 15) is 8.42 Å². The number of hydrogen-bond donors (Lipinski definition) is 1. The van der Waals surface area contributed by atoms with E-state index in [0.717, 1.165) is 0 Å². The molecule has 1 atom stereocenters. The first-order valence-corrected chi connectivity index (χ1v) is 7.89. The molecule has 0 fully saturated rings. The van der Waals surface area contributed by atoms with Crippen LogP contribution in [0.2, 0.25) is 0 Å². The molecule has 0 radical (unpaired) electrons. The molecule has 1 N–H and O–H groups in total. The van der Waals surface area contributed by atoms with E-state index in [-0.39, 0.29) is 10.9 Å². The number of aryl methyl sites for hydroxylation is 1. The van der Waals surface area contributed by atoms with Gasteiger partial charge in [0.2, 0.25) is 10.0 Å². The van der Waals surface area contributed by atoms with Crippen LogP contribution in [0.25, 0.3) is 0 Å². The maximum atomic E-state index is 12.3. The number of imidazole rings is 1. The van der Waals surface area contributed by atoms with Gasteiger partial charge in [-0.15, -0.1) is 0 Å². The van der Waals surface area contributed by atoms with Crippen molar-refractivity contribution in [3.05, 3.63) is 48.0 Å². The molecule has 7 heteroatoms. The predicted molar refractivity (Wildman–Crippen MR) is 77.9 cm³/mol. The van der Waals surface area contributed by atoms with E-state index in [4.69, 9.17) is 5.26 Å². The first-order chi connectivity index (χ1) is 9.92. The lowest BCUT2D eigenvalue weighted by Gasteiger charge is -2.15. The second kappa shape index (κ2) is 6.08. The Balaban J connectivity index is 2.15. The predicted octanol–water partition coefficient (Wildman–Crippen LogP) is 1.43. The summed E-state index contributed by atoms with van der Waals surface area (Å²) in [5.41, 5.74) is 1.11. The highest BCUT2D eigenvalue weighted by molar-refractivity contribution is 7.89. The van der Waals surface area contributed by atoms with E-state index in [0.29, 0.717) is 17.7 Å². The van der Waals surface area contributed by atoms with Crippen molar-refractivity contribution in [3.8, 4) is 6.07 Å². The number of nitrogens with one attached hydrogen (secondary N) is 1. The molecule has 0 aliphatic heterocycles. The number of hydrogen-bond acceptors (Lipinski definition) is 4. The summed E-state index contributed by atoms with van der Waals surface area (Å²) in [5, 5.41) is 8.88.